The van der Waals surface area contributed by atoms with E-state index in [0.717, 1.165) is 22.5 Å². The number of alkyl halides is 2. The maximum Gasteiger partial charge on any atom is 0.387 e. The Labute approximate surface area is 148 Å². The average Bonchev–Trinajstić information content (AvgIpc) is 2.97. The molecule has 132 valence electrons. The van der Waals surface area contributed by atoms with Gasteiger partial charge in [-0.05, 0) is 43.3 Å². The summed E-state index contributed by atoms with van der Waals surface area (Å²) < 4.78 is 30.9. The zero-order valence-electron chi connectivity index (χ0n) is 13.9. The maximum atomic E-state index is 12.3. The summed E-state index contributed by atoms with van der Waals surface area (Å²) in [5.74, 6) is 0.816. The highest BCUT2D eigenvalue weighted by molar-refractivity contribution is 6.17. The van der Waals surface area contributed by atoms with E-state index in [1.165, 1.54) is 18.5 Å². The lowest BCUT2D eigenvalue weighted by molar-refractivity contribution is -0.0498. The summed E-state index contributed by atoms with van der Waals surface area (Å²) in [6, 6.07) is 12.2. The summed E-state index contributed by atoms with van der Waals surface area (Å²) in [6.07, 6.45) is 3.40. The van der Waals surface area contributed by atoms with Crippen molar-refractivity contribution in [1.29, 1.82) is 0 Å². The van der Waals surface area contributed by atoms with Gasteiger partial charge in [0.2, 0.25) is 0 Å². The summed E-state index contributed by atoms with van der Waals surface area (Å²) in [6.45, 7) is -0.551. The predicted octanol–water partition coefficient (Wildman–Crippen LogP) is 3.50. The van der Waals surface area contributed by atoms with Gasteiger partial charge in [0.05, 0.1) is 16.8 Å². The first-order valence-electron chi connectivity index (χ1n) is 7.96. The minimum absolute atomic E-state index is 0.106. The zero-order valence-corrected chi connectivity index (χ0v) is 13.9. The first-order valence-corrected chi connectivity index (χ1v) is 7.96. The number of ether oxygens (including phenoxy) is 1. The normalized spacial score (nSPS) is 14.2. The van der Waals surface area contributed by atoms with Crippen molar-refractivity contribution in [2.75, 3.05) is 11.6 Å². The zero-order chi connectivity index (χ0) is 18.1. The molecule has 0 fully saturated rings. The van der Waals surface area contributed by atoms with E-state index in [9.17, 15) is 8.78 Å². The van der Waals surface area contributed by atoms with Crippen molar-refractivity contribution in [3.05, 3.63) is 59.9 Å². The molecule has 0 atom stereocenters. The first kappa shape index (κ1) is 16.2. The van der Waals surface area contributed by atoms with Crippen LogP contribution in [-0.4, -0.2) is 35.1 Å². The van der Waals surface area contributed by atoms with Gasteiger partial charge in [-0.2, -0.15) is 13.9 Å². The van der Waals surface area contributed by atoms with Gasteiger partial charge in [0.15, 0.2) is 0 Å². The molecule has 2 aromatic heterocycles. The largest absolute Gasteiger partial charge is 0.435 e. The van der Waals surface area contributed by atoms with Crippen LogP contribution in [0.15, 0.2) is 58.6 Å². The van der Waals surface area contributed by atoms with Crippen LogP contribution in [0.2, 0.25) is 0 Å². The van der Waals surface area contributed by atoms with E-state index in [1.807, 2.05) is 36.2 Å². The van der Waals surface area contributed by atoms with E-state index in [4.69, 9.17) is 0 Å². The van der Waals surface area contributed by atoms with Crippen molar-refractivity contribution in [3.63, 3.8) is 0 Å². The summed E-state index contributed by atoms with van der Waals surface area (Å²) in [5.41, 5.74) is 3.45. The molecular weight excluding hydrogens is 340 g/mol. The minimum atomic E-state index is -2.85. The predicted molar refractivity (Wildman–Crippen MR) is 95.4 cm³/mol. The average molecular weight is 355 g/mol. The lowest BCUT2D eigenvalue weighted by Crippen LogP contribution is -2.34. The Hall–Kier alpha value is -3.29. The van der Waals surface area contributed by atoms with Gasteiger partial charge in [-0.25, -0.2) is 9.51 Å². The molecule has 1 aliphatic rings. The highest BCUT2D eigenvalue weighted by Gasteiger charge is 2.23. The number of benzene rings is 1. The Morgan fingerprint density at radius 2 is 1.92 bits per heavy atom. The minimum Gasteiger partial charge on any atom is -0.435 e. The fourth-order valence-corrected chi connectivity index (χ4v) is 2.95. The number of aryl methyl sites for hydroxylation is 1. The third-order valence-electron chi connectivity index (χ3n) is 4.05. The highest BCUT2D eigenvalue weighted by atomic mass is 19.3. The molecule has 6 nitrogen and oxygen atoms in total. The number of rotatable bonds is 4. The first-order chi connectivity index (χ1) is 12.6. The van der Waals surface area contributed by atoms with Crippen molar-refractivity contribution < 1.29 is 13.5 Å². The Bertz CT molecular complexity index is 994. The van der Waals surface area contributed by atoms with Gasteiger partial charge in [-0.15, -0.1) is 0 Å². The smallest absolute Gasteiger partial charge is 0.387 e. The summed E-state index contributed by atoms with van der Waals surface area (Å²) in [4.78, 5) is 10.6. The van der Waals surface area contributed by atoms with Gasteiger partial charge in [-0.3, -0.25) is 4.99 Å². The second-order valence-corrected chi connectivity index (χ2v) is 5.68. The molecule has 1 aliphatic heterocycles. The molecule has 26 heavy (non-hydrogen) atoms. The topological polar surface area (TPSA) is 54.5 Å². The molecule has 0 radical (unpaired) electrons. The molecule has 3 aromatic rings. The quantitative estimate of drug-likeness (QED) is 0.720. The number of aliphatic imine (C=N–C) groups is 2. The second kappa shape index (κ2) is 6.55. The standard InChI is InChI=1S/C18H15F2N5O/c1-12-16(15-4-2-3-9-25(15)23-12)17-22-10-21-11-24(17)13-5-7-14(8-6-13)26-18(19)20/h2-10,18H,11H2,1H3. The molecule has 0 aliphatic carbocycles. The fourth-order valence-electron chi connectivity index (χ4n) is 2.95. The second-order valence-electron chi connectivity index (χ2n) is 5.68. The van der Waals surface area contributed by atoms with Crippen molar-refractivity contribution in [2.45, 2.75) is 13.5 Å². The Morgan fingerprint density at radius 3 is 2.69 bits per heavy atom. The molecule has 0 unspecified atom stereocenters. The van der Waals surface area contributed by atoms with Crippen LogP contribution in [0.25, 0.3) is 5.52 Å². The van der Waals surface area contributed by atoms with Crippen LogP contribution in [0.5, 0.6) is 5.75 Å². The number of aromatic nitrogens is 2. The number of hydrogen-bond acceptors (Lipinski definition) is 5. The third-order valence-corrected chi connectivity index (χ3v) is 4.05. The number of amidine groups is 1. The van der Waals surface area contributed by atoms with Gasteiger partial charge in [-0.1, -0.05) is 6.07 Å². The number of fused-ring (bicyclic) bond motifs is 1. The number of nitrogens with zero attached hydrogens (tertiary/aromatic N) is 5. The van der Waals surface area contributed by atoms with E-state index >= 15 is 0 Å². The van der Waals surface area contributed by atoms with Gasteiger partial charge >= 0.3 is 6.61 Å². The van der Waals surface area contributed by atoms with Gasteiger partial charge < -0.3 is 9.64 Å². The van der Waals surface area contributed by atoms with Crippen molar-refractivity contribution in [3.8, 4) is 5.75 Å². The van der Waals surface area contributed by atoms with Crippen molar-refractivity contribution in [1.82, 2.24) is 9.61 Å². The maximum absolute atomic E-state index is 12.3. The van der Waals surface area contributed by atoms with Crippen molar-refractivity contribution in [2.24, 2.45) is 9.98 Å². The lowest BCUT2D eigenvalue weighted by atomic mass is 10.1. The molecule has 0 N–H and O–H groups in total. The molecule has 0 spiro atoms. The highest BCUT2D eigenvalue weighted by Crippen LogP contribution is 2.26. The molecule has 4 rings (SSSR count). The van der Waals surface area contributed by atoms with Crippen LogP contribution >= 0.6 is 0 Å². The lowest BCUT2D eigenvalue weighted by Gasteiger charge is -2.26. The van der Waals surface area contributed by atoms with Crippen molar-refractivity contribution >= 4 is 23.4 Å². The van der Waals surface area contributed by atoms with E-state index in [-0.39, 0.29) is 5.75 Å². The van der Waals surface area contributed by atoms with Gasteiger partial charge in [0.25, 0.3) is 0 Å². The number of hydrogen-bond donors (Lipinski definition) is 0. The molecular formula is C18H15F2N5O. The SMILES string of the molecule is Cc1nn2ccccc2c1C1=NC=NCN1c1ccc(OC(F)F)cc1. The fraction of sp³-hybridized carbons (Fsp3) is 0.167. The Morgan fingerprint density at radius 1 is 1.12 bits per heavy atom. The van der Waals surface area contributed by atoms with Gasteiger partial charge in [0, 0.05) is 11.9 Å². The summed E-state index contributed by atoms with van der Waals surface area (Å²) in [7, 11) is 0. The molecule has 1 aromatic carbocycles. The summed E-state index contributed by atoms with van der Waals surface area (Å²) >= 11 is 0. The van der Waals surface area contributed by atoms with Crippen LogP contribution in [0.4, 0.5) is 14.5 Å². The van der Waals surface area contributed by atoms with Crippen LogP contribution < -0.4 is 9.64 Å². The van der Waals surface area contributed by atoms with E-state index < -0.39 is 6.61 Å². The molecule has 0 saturated heterocycles. The molecule has 0 bridgehead atoms. The summed E-state index contributed by atoms with van der Waals surface area (Å²) in [5, 5.41) is 4.52. The monoisotopic (exact) mass is 355 g/mol. The molecule has 3 heterocycles. The van der Waals surface area contributed by atoms with E-state index in [2.05, 4.69) is 19.8 Å². The van der Waals surface area contributed by atoms with E-state index in [0.29, 0.717) is 12.5 Å². The number of anilines is 1. The molecule has 8 heteroatoms. The van der Waals surface area contributed by atoms with Crippen LogP contribution in [-0.2, 0) is 0 Å². The molecule has 0 amide bonds. The van der Waals surface area contributed by atoms with Crippen LogP contribution in [0, 0.1) is 6.92 Å². The molecule has 0 saturated carbocycles. The Kier molecular flexibility index (Phi) is 4.08. The third kappa shape index (κ3) is 2.90. The van der Waals surface area contributed by atoms with Gasteiger partial charge in [0.1, 0.15) is 24.6 Å². The number of halogens is 2. The number of pyridine rings is 1. The van der Waals surface area contributed by atoms with Crippen LogP contribution in [0.1, 0.15) is 11.3 Å². The Balaban J connectivity index is 1.74. The van der Waals surface area contributed by atoms with Crippen LogP contribution in [0.3, 0.4) is 0 Å². The van der Waals surface area contributed by atoms with E-state index in [1.54, 1.807) is 16.6 Å².